The minimum absolute atomic E-state index is 0.139. The third-order valence-electron chi connectivity index (χ3n) is 5.15. The Bertz CT molecular complexity index is 755. The van der Waals surface area contributed by atoms with Crippen molar-refractivity contribution in [2.24, 2.45) is 4.99 Å². The summed E-state index contributed by atoms with van der Waals surface area (Å²) in [5, 5.41) is 16.0. The van der Waals surface area contributed by atoms with Gasteiger partial charge in [0.25, 0.3) is 0 Å². The van der Waals surface area contributed by atoms with Crippen molar-refractivity contribution in [1.82, 2.24) is 10.0 Å². The molecule has 1 aliphatic heterocycles. The first-order valence-electron chi connectivity index (χ1n) is 10.5. The molecule has 0 saturated heterocycles. The first-order chi connectivity index (χ1) is 14.2. The van der Waals surface area contributed by atoms with Gasteiger partial charge in [0, 0.05) is 29.6 Å². The maximum atomic E-state index is 8.86. The number of halogens is 1. The predicted molar refractivity (Wildman–Crippen MR) is 127 cm³/mol. The van der Waals surface area contributed by atoms with Crippen molar-refractivity contribution in [3.05, 3.63) is 46.2 Å². The third kappa shape index (κ3) is 7.17. The van der Waals surface area contributed by atoms with Crippen molar-refractivity contribution in [3.63, 3.8) is 0 Å². The van der Waals surface area contributed by atoms with Crippen LogP contribution in [-0.4, -0.2) is 30.1 Å². The van der Waals surface area contributed by atoms with Crippen LogP contribution in [0.3, 0.4) is 0 Å². The van der Waals surface area contributed by atoms with E-state index in [1.54, 1.807) is 0 Å². The minimum Gasteiger partial charge on any atom is -0.395 e. The monoisotopic (exact) mass is 478 g/mol. The molecule has 7 heteroatoms. The summed E-state index contributed by atoms with van der Waals surface area (Å²) in [7, 11) is 0. The lowest BCUT2D eigenvalue weighted by Crippen LogP contribution is -2.30. The molecule has 0 amide bonds. The average Bonchev–Trinajstić information content (AvgIpc) is 2.89. The number of allylic oxidation sites excluding steroid dienone is 2. The van der Waals surface area contributed by atoms with Crippen molar-refractivity contribution in [2.75, 3.05) is 18.5 Å². The van der Waals surface area contributed by atoms with E-state index in [0.29, 0.717) is 12.6 Å². The Morgan fingerprint density at radius 1 is 1.17 bits per heavy atom. The molecule has 158 valence electrons. The smallest absolute Gasteiger partial charge is 0.142 e. The van der Waals surface area contributed by atoms with Gasteiger partial charge in [0.2, 0.25) is 0 Å². The molecule has 3 rings (SSSR count). The summed E-state index contributed by atoms with van der Waals surface area (Å²) in [6, 6.07) is 8.78. The molecule has 0 atom stereocenters. The maximum Gasteiger partial charge on any atom is 0.142 e. The fourth-order valence-corrected chi connectivity index (χ4v) is 4.69. The number of rotatable bonds is 8. The first-order valence-corrected chi connectivity index (χ1v) is 12.1. The van der Waals surface area contributed by atoms with E-state index in [1.165, 1.54) is 49.6 Å². The molecule has 1 aromatic rings. The summed E-state index contributed by atoms with van der Waals surface area (Å²) < 4.78 is 4.16. The summed E-state index contributed by atoms with van der Waals surface area (Å²) >= 11 is 5.27. The minimum atomic E-state index is 0.139. The Labute approximate surface area is 186 Å². The van der Waals surface area contributed by atoms with E-state index in [1.807, 2.05) is 0 Å². The molecule has 4 N–H and O–H groups in total. The van der Waals surface area contributed by atoms with Crippen molar-refractivity contribution >= 4 is 39.4 Å². The SMILES string of the molecule is CCC1=CC(Br)=C(NC2CCCCC2)N=C(Nc2ccc(SNCCO)cc2)C1. The topological polar surface area (TPSA) is 68.7 Å². The van der Waals surface area contributed by atoms with Crippen LogP contribution in [0, 0.1) is 0 Å². The highest BCUT2D eigenvalue weighted by molar-refractivity contribution is 9.11. The molecule has 1 fully saturated rings. The second-order valence-corrected chi connectivity index (χ2v) is 9.26. The van der Waals surface area contributed by atoms with Crippen molar-refractivity contribution < 1.29 is 5.11 Å². The van der Waals surface area contributed by atoms with Crippen LogP contribution >= 0.6 is 27.9 Å². The number of benzene rings is 1. The Hall–Kier alpha value is -1.28. The van der Waals surface area contributed by atoms with Gasteiger partial charge >= 0.3 is 0 Å². The lowest BCUT2D eigenvalue weighted by atomic mass is 9.95. The number of amidine groups is 1. The second-order valence-electron chi connectivity index (χ2n) is 7.44. The molecule has 1 heterocycles. The van der Waals surface area contributed by atoms with Crippen LogP contribution in [0.5, 0.6) is 0 Å². The zero-order valence-electron chi connectivity index (χ0n) is 17.0. The molecule has 5 nitrogen and oxygen atoms in total. The van der Waals surface area contributed by atoms with E-state index in [-0.39, 0.29) is 6.61 Å². The Kier molecular flexibility index (Phi) is 9.11. The average molecular weight is 479 g/mol. The summed E-state index contributed by atoms with van der Waals surface area (Å²) in [6.45, 7) is 2.90. The van der Waals surface area contributed by atoms with Crippen LogP contribution in [0.25, 0.3) is 0 Å². The molecule has 1 aliphatic carbocycles. The third-order valence-corrected chi connectivity index (χ3v) is 6.61. The Morgan fingerprint density at radius 2 is 1.93 bits per heavy atom. The molecule has 0 unspecified atom stereocenters. The molecular formula is C22H31BrN4OS. The van der Waals surface area contributed by atoms with Gasteiger partial charge in [-0.3, -0.25) is 4.72 Å². The van der Waals surface area contributed by atoms with E-state index < -0.39 is 0 Å². The van der Waals surface area contributed by atoms with Gasteiger partial charge in [-0.15, -0.1) is 0 Å². The van der Waals surface area contributed by atoms with Gasteiger partial charge in [0.1, 0.15) is 11.7 Å². The maximum absolute atomic E-state index is 8.86. The van der Waals surface area contributed by atoms with E-state index >= 15 is 0 Å². The predicted octanol–water partition coefficient (Wildman–Crippen LogP) is 5.31. The van der Waals surface area contributed by atoms with Crippen molar-refractivity contribution in [2.45, 2.75) is 62.8 Å². The fraction of sp³-hybridized carbons (Fsp3) is 0.500. The summed E-state index contributed by atoms with van der Waals surface area (Å²) in [5.74, 6) is 1.90. The summed E-state index contributed by atoms with van der Waals surface area (Å²) in [4.78, 5) is 6.07. The number of anilines is 1. The van der Waals surface area contributed by atoms with Gasteiger partial charge < -0.3 is 15.7 Å². The largest absolute Gasteiger partial charge is 0.395 e. The molecule has 0 radical (unpaired) electrons. The quantitative estimate of drug-likeness (QED) is 0.301. The van der Waals surface area contributed by atoms with Gasteiger partial charge in [-0.1, -0.05) is 31.8 Å². The molecule has 0 bridgehead atoms. The Morgan fingerprint density at radius 3 is 2.62 bits per heavy atom. The number of aliphatic imine (C=N–C) groups is 1. The lowest BCUT2D eigenvalue weighted by molar-refractivity contribution is 0.302. The fourth-order valence-electron chi connectivity index (χ4n) is 3.54. The van der Waals surface area contributed by atoms with E-state index in [4.69, 9.17) is 10.1 Å². The molecular weight excluding hydrogens is 448 g/mol. The normalized spacial score (nSPS) is 18.2. The number of nitrogens with one attached hydrogen (secondary N) is 3. The number of aliphatic hydroxyl groups is 1. The van der Waals surface area contributed by atoms with Crippen LogP contribution in [-0.2, 0) is 0 Å². The highest BCUT2D eigenvalue weighted by Crippen LogP contribution is 2.26. The molecule has 2 aliphatic rings. The molecule has 29 heavy (non-hydrogen) atoms. The van der Waals surface area contributed by atoms with Crippen LogP contribution in [0.2, 0.25) is 0 Å². The number of hydrogen-bond donors (Lipinski definition) is 4. The number of nitrogens with zero attached hydrogens (tertiary/aromatic N) is 1. The van der Waals surface area contributed by atoms with Crippen molar-refractivity contribution in [3.8, 4) is 0 Å². The van der Waals surface area contributed by atoms with Gasteiger partial charge in [-0.05, 0) is 77.5 Å². The molecule has 0 aromatic heterocycles. The summed E-state index contributed by atoms with van der Waals surface area (Å²) in [5.41, 5.74) is 2.38. The number of hydrogen-bond acceptors (Lipinski definition) is 6. The van der Waals surface area contributed by atoms with Crippen LogP contribution in [0.15, 0.2) is 56.1 Å². The zero-order valence-corrected chi connectivity index (χ0v) is 19.4. The molecule has 1 saturated carbocycles. The van der Waals surface area contributed by atoms with E-state index in [0.717, 1.165) is 39.6 Å². The lowest BCUT2D eigenvalue weighted by Gasteiger charge is -2.24. The Balaban J connectivity index is 1.70. The molecule has 1 aromatic carbocycles. The number of aliphatic hydroxyl groups excluding tert-OH is 1. The highest BCUT2D eigenvalue weighted by atomic mass is 79.9. The van der Waals surface area contributed by atoms with Gasteiger partial charge in [-0.25, -0.2) is 4.99 Å². The second kappa shape index (κ2) is 11.8. The standard InChI is InChI=1S/C22H31BrN4OS/c1-2-16-14-20(23)22(26-17-6-4-3-5-7-17)27-21(15-16)25-18-8-10-19(11-9-18)29-24-12-13-28/h8-11,14,17,24,26,28H,2-7,12-13,15H2,1H3,(H,25,27). The summed E-state index contributed by atoms with van der Waals surface area (Å²) in [6.07, 6.45) is 10.4. The van der Waals surface area contributed by atoms with Crippen molar-refractivity contribution in [1.29, 1.82) is 0 Å². The van der Waals surface area contributed by atoms with Gasteiger partial charge in [0.15, 0.2) is 0 Å². The zero-order chi connectivity index (χ0) is 20.5. The van der Waals surface area contributed by atoms with Crippen LogP contribution < -0.4 is 15.4 Å². The van der Waals surface area contributed by atoms with E-state index in [9.17, 15) is 0 Å². The van der Waals surface area contributed by atoms with E-state index in [2.05, 4.69) is 68.6 Å². The highest BCUT2D eigenvalue weighted by Gasteiger charge is 2.18. The van der Waals surface area contributed by atoms with Gasteiger partial charge in [0.05, 0.1) is 11.1 Å². The van der Waals surface area contributed by atoms with Gasteiger partial charge in [-0.2, -0.15) is 0 Å². The van der Waals surface area contributed by atoms with Crippen LogP contribution in [0.1, 0.15) is 51.9 Å². The first kappa shape index (κ1) is 22.4. The van der Waals surface area contributed by atoms with Crippen LogP contribution in [0.4, 0.5) is 5.69 Å². The molecule has 0 spiro atoms.